The predicted molar refractivity (Wildman–Crippen MR) is 85.0 cm³/mol. The smallest absolute Gasteiger partial charge is 0.131 e. The first-order valence-corrected chi connectivity index (χ1v) is 7.39. The molecular formula is C17H23FN2O. The molecule has 0 amide bonds. The van der Waals surface area contributed by atoms with Crippen molar-refractivity contribution >= 4 is 10.8 Å². The Morgan fingerprint density at radius 2 is 1.71 bits per heavy atom. The van der Waals surface area contributed by atoms with Gasteiger partial charge in [-0.25, -0.2) is 4.39 Å². The average Bonchev–Trinajstić information content (AvgIpc) is 2.52. The van der Waals surface area contributed by atoms with Gasteiger partial charge in [-0.1, -0.05) is 30.3 Å². The van der Waals surface area contributed by atoms with E-state index in [1.807, 2.05) is 30.3 Å². The number of hydrogen-bond acceptors (Lipinski definition) is 3. The number of methoxy groups -OCH3 is 1. The minimum Gasteiger partial charge on any atom is -0.383 e. The van der Waals surface area contributed by atoms with E-state index in [2.05, 4.69) is 10.6 Å². The summed E-state index contributed by atoms with van der Waals surface area (Å²) in [5.41, 5.74) is 1.14. The summed E-state index contributed by atoms with van der Waals surface area (Å²) in [7, 11) is 1.70. The van der Waals surface area contributed by atoms with Crippen LogP contribution < -0.4 is 10.6 Å². The van der Waals surface area contributed by atoms with Crippen molar-refractivity contribution in [2.45, 2.75) is 13.0 Å². The van der Waals surface area contributed by atoms with E-state index in [-0.39, 0.29) is 5.82 Å². The lowest BCUT2D eigenvalue weighted by molar-refractivity contribution is 0.199. The molecule has 2 aromatic rings. The molecule has 0 spiro atoms. The zero-order chi connectivity index (χ0) is 14.9. The van der Waals surface area contributed by atoms with E-state index in [1.54, 1.807) is 13.2 Å². The molecule has 0 aliphatic rings. The van der Waals surface area contributed by atoms with E-state index < -0.39 is 0 Å². The summed E-state index contributed by atoms with van der Waals surface area (Å²) in [4.78, 5) is 0. The fourth-order valence-corrected chi connectivity index (χ4v) is 2.34. The van der Waals surface area contributed by atoms with Crippen LogP contribution in [0, 0.1) is 5.82 Å². The van der Waals surface area contributed by atoms with Crippen LogP contribution in [0.2, 0.25) is 0 Å². The van der Waals surface area contributed by atoms with Gasteiger partial charge in [-0.3, -0.25) is 0 Å². The van der Waals surface area contributed by atoms with E-state index in [0.29, 0.717) is 5.39 Å². The van der Waals surface area contributed by atoms with Crippen molar-refractivity contribution in [1.29, 1.82) is 0 Å². The Hall–Kier alpha value is -1.49. The molecular weight excluding hydrogens is 267 g/mol. The first-order valence-electron chi connectivity index (χ1n) is 7.39. The molecule has 0 fully saturated rings. The summed E-state index contributed by atoms with van der Waals surface area (Å²) >= 11 is 0. The van der Waals surface area contributed by atoms with Gasteiger partial charge in [0.15, 0.2) is 0 Å². The molecule has 0 unspecified atom stereocenters. The molecule has 2 N–H and O–H groups in total. The first kappa shape index (κ1) is 15.9. The lowest BCUT2D eigenvalue weighted by Gasteiger charge is -2.09. The number of halogens is 1. The highest BCUT2D eigenvalue weighted by atomic mass is 19.1. The molecule has 21 heavy (non-hydrogen) atoms. The van der Waals surface area contributed by atoms with Crippen LogP contribution in [0.4, 0.5) is 4.39 Å². The van der Waals surface area contributed by atoms with Gasteiger partial charge in [0.2, 0.25) is 0 Å². The van der Waals surface area contributed by atoms with Crippen LogP contribution in [-0.4, -0.2) is 33.4 Å². The standard InChI is InChI=1S/C17H23FN2O/c1-21-12-11-19-9-4-10-20-13-14-7-8-17(18)16-6-3-2-5-15(14)16/h2-3,5-8,19-20H,4,9-13H2,1H3. The molecule has 3 nitrogen and oxygen atoms in total. The highest BCUT2D eigenvalue weighted by Crippen LogP contribution is 2.21. The molecule has 0 heterocycles. The molecule has 0 saturated heterocycles. The van der Waals surface area contributed by atoms with Crippen LogP contribution in [0.5, 0.6) is 0 Å². The number of fused-ring (bicyclic) bond motifs is 1. The van der Waals surface area contributed by atoms with E-state index in [4.69, 9.17) is 4.74 Å². The molecule has 2 rings (SSSR count). The lowest BCUT2D eigenvalue weighted by atomic mass is 10.0. The SMILES string of the molecule is COCCNCCCNCc1ccc(F)c2ccccc12. The van der Waals surface area contributed by atoms with Crippen LogP contribution in [0.3, 0.4) is 0 Å². The van der Waals surface area contributed by atoms with Gasteiger partial charge in [0.25, 0.3) is 0 Å². The van der Waals surface area contributed by atoms with Crippen LogP contribution in [0.15, 0.2) is 36.4 Å². The fourth-order valence-electron chi connectivity index (χ4n) is 2.34. The minimum atomic E-state index is -0.156. The first-order chi connectivity index (χ1) is 10.3. The molecule has 0 atom stereocenters. The van der Waals surface area contributed by atoms with Crippen LogP contribution in [0.1, 0.15) is 12.0 Å². The topological polar surface area (TPSA) is 33.3 Å². The number of hydrogen-bond donors (Lipinski definition) is 2. The summed E-state index contributed by atoms with van der Waals surface area (Å²) in [6, 6.07) is 11.0. The second-order valence-corrected chi connectivity index (χ2v) is 5.03. The van der Waals surface area contributed by atoms with Gasteiger partial charge in [0, 0.05) is 25.6 Å². The third kappa shape index (κ3) is 4.77. The van der Waals surface area contributed by atoms with Gasteiger partial charge in [0.1, 0.15) is 5.82 Å². The van der Waals surface area contributed by atoms with Gasteiger partial charge in [-0.2, -0.15) is 0 Å². The maximum absolute atomic E-state index is 13.7. The van der Waals surface area contributed by atoms with Crippen LogP contribution in [0.25, 0.3) is 10.8 Å². The van der Waals surface area contributed by atoms with E-state index in [9.17, 15) is 4.39 Å². The van der Waals surface area contributed by atoms with Crippen molar-refractivity contribution in [1.82, 2.24) is 10.6 Å². The van der Waals surface area contributed by atoms with Crippen molar-refractivity contribution in [3.8, 4) is 0 Å². The van der Waals surface area contributed by atoms with Crippen molar-refractivity contribution in [3.05, 3.63) is 47.8 Å². The number of benzene rings is 2. The average molecular weight is 290 g/mol. The molecule has 114 valence electrons. The largest absolute Gasteiger partial charge is 0.383 e. The third-order valence-electron chi connectivity index (χ3n) is 3.47. The van der Waals surface area contributed by atoms with E-state index in [0.717, 1.165) is 50.2 Å². The summed E-state index contributed by atoms with van der Waals surface area (Å²) in [6.07, 6.45) is 1.06. The van der Waals surface area contributed by atoms with Gasteiger partial charge in [0.05, 0.1) is 6.61 Å². The molecule has 0 aliphatic heterocycles. The zero-order valence-electron chi connectivity index (χ0n) is 12.5. The zero-order valence-corrected chi connectivity index (χ0v) is 12.5. The Morgan fingerprint density at radius 1 is 0.952 bits per heavy atom. The van der Waals surface area contributed by atoms with E-state index in [1.165, 1.54) is 0 Å². The van der Waals surface area contributed by atoms with Gasteiger partial charge < -0.3 is 15.4 Å². The highest BCUT2D eigenvalue weighted by molar-refractivity contribution is 5.86. The predicted octanol–water partition coefficient (Wildman–Crippen LogP) is 2.69. The molecule has 0 saturated carbocycles. The monoisotopic (exact) mass is 290 g/mol. The normalized spacial score (nSPS) is 11.1. The van der Waals surface area contributed by atoms with Gasteiger partial charge in [-0.15, -0.1) is 0 Å². The second kappa shape index (κ2) is 8.72. The van der Waals surface area contributed by atoms with Gasteiger partial charge in [-0.05, 0) is 36.5 Å². The van der Waals surface area contributed by atoms with Crippen molar-refractivity contribution in [3.63, 3.8) is 0 Å². The Labute approximate surface area is 125 Å². The fraction of sp³-hybridized carbons (Fsp3) is 0.412. The molecule has 0 radical (unpaired) electrons. The Morgan fingerprint density at radius 3 is 2.52 bits per heavy atom. The summed E-state index contributed by atoms with van der Waals surface area (Å²) < 4.78 is 18.7. The van der Waals surface area contributed by atoms with E-state index >= 15 is 0 Å². The second-order valence-electron chi connectivity index (χ2n) is 5.03. The quantitative estimate of drug-likeness (QED) is 0.697. The molecule has 0 bridgehead atoms. The van der Waals surface area contributed by atoms with Crippen molar-refractivity contribution in [2.24, 2.45) is 0 Å². The molecule has 0 aromatic heterocycles. The lowest BCUT2D eigenvalue weighted by Crippen LogP contribution is -2.24. The maximum Gasteiger partial charge on any atom is 0.131 e. The Bertz CT molecular complexity index is 559. The molecule has 4 heteroatoms. The van der Waals surface area contributed by atoms with Crippen LogP contribution in [-0.2, 0) is 11.3 Å². The number of ether oxygens (including phenoxy) is 1. The summed E-state index contributed by atoms with van der Waals surface area (Å²) in [6.45, 7) is 4.30. The summed E-state index contributed by atoms with van der Waals surface area (Å²) in [5.74, 6) is -0.156. The van der Waals surface area contributed by atoms with Crippen molar-refractivity contribution < 1.29 is 9.13 Å². The molecule has 2 aromatic carbocycles. The Balaban J connectivity index is 1.78. The Kier molecular flexibility index (Phi) is 6.60. The maximum atomic E-state index is 13.7. The van der Waals surface area contributed by atoms with Crippen LogP contribution >= 0.6 is 0 Å². The molecule has 0 aliphatic carbocycles. The highest BCUT2D eigenvalue weighted by Gasteiger charge is 2.04. The number of nitrogens with one attached hydrogen (secondary N) is 2. The number of rotatable bonds is 9. The third-order valence-corrected chi connectivity index (χ3v) is 3.47. The van der Waals surface area contributed by atoms with Gasteiger partial charge >= 0.3 is 0 Å². The minimum absolute atomic E-state index is 0.156. The summed E-state index contributed by atoms with van der Waals surface area (Å²) in [5, 5.41) is 8.40. The van der Waals surface area contributed by atoms with Crippen molar-refractivity contribution in [2.75, 3.05) is 33.4 Å².